The summed E-state index contributed by atoms with van der Waals surface area (Å²) >= 11 is 5.92. The number of rotatable bonds is 2. The number of carbonyl (C=O) groups is 1. The molecule has 1 aromatic carbocycles. The number of carboxylic acid groups (broad SMARTS) is 1. The van der Waals surface area contributed by atoms with Gasteiger partial charge in [-0.15, -0.1) is 0 Å². The lowest BCUT2D eigenvalue weighted by molar-refractivity contribution is -0.144. The molecule has 0 fully saturated rings. The molecule has 1 atom stereocenters. The summed E-state index contributed by atoms with van der Waals surface area (Å²) in [5.41, 5.74) is 0.628. The monoisotopic (exact) mass is 225 g/mol. The summed E-state index contributed by atoms with van der Waals surface area (Å²) in [6.45, 7) is 0.135. The molecule has 4 nitrogen and oxygen atoms in total. The van der Waals surface area contributed by atoms with Crippen molar-refractivity contribution in [3.8, 4) is 0 Å². The molecule has 0 saturated carbocycles. The summed E-state index contributed by atoms with van der Waals surface area (Å²) in [6, 6.07) is 7.03. The Bertz CT molecular complexity index is 430. The topological polar surface area (TPSA) is 58.9 Å². The number of carboxylic acids is 1. The van der Waals surface area contributed by atoms with Crippen LogP contribution in [0, 0.1) is 0 Å². The van der Waals surface area contributed by atoms with Gasteiger partial charge in [-0.1, -0.05) is 23.7 Å². The molecule has 5 heteroatoms. The maximum atomic E-state index is 10.6. The van der Waals surface area contributed by atoms with E-state index in [1.807, 2.05) is 0 Å². The summed E-state index contributed by atoms with van der Waals surface area (Å²) in [5, 5.41) is 9.22. The van der Waals surface area contributed by atoms with Crippen LogP contribution in [0.2, 0.25) is 5.02 Å². The second kappa shape index (κ2) is 3.90. The molecule has 0 aliphatic carbocycles. The van der Waals surface area contributed by atoms with E-state index in [-0.39, 0.29) is 6.54 Å². The number of aliphatic imine (C=N–C) groups is 1. The minimum Gasteiger partial charge on any atom is -0.478 e. The number of halogens is 1. The number of hydrogen-bond acceptors (Lipinski definition) is 3. The minimum absolute atomic E-state index is 0.135. The molecule has 0 aromatic heterocycles. The molecule has 1 heterocycles. The zero-order valence-corrected chi connectivity index (χ0v) is 8.44. The molecule has 78 valence electrons. The van der Waals surface area contributed by atoms with Crippen molar-refractivity contribution in [2.24, 2.45) is 4.99 Å². The van der Waals surface area contributed by atoms with Crippen molar-refractivity contribution in [1.29, 1.82) is 0 Å². The second-order valence-electron chi connectivity index (χ2n) is 3.07. The summed E-state index contributed by atoms with van der Waals surface area (Å²) in [4.78, 5) is 14.6. The van der Waals surface area contributed by atoms with Gasteiger partial charge in [0.1, 0.15) is 0 Å². The van der Waals surface area contributed by atoms with Crippen LogP contribution in [-0.2, 0) is 9.53 Å². The van der Waals surface area contributed by atoms with Crippen molar-refractivity contribution in [2.45, 2.75) is 6.10 Å². The number of ether oxygens (including phenoxy) is 1. The van der Waals surface area contributed by atoms with Gasteiger partial charge in [-0.3, -0.25) is 0 Å². The third-order valence-corrected chi connectivity index (χ3v) is 2.36. The van der Waals surface area contributed by atoms with Crippen molar-refractivity contribution in [3.05, 3.63) is 34.9 Å². The quantitative estimate of drug-likeness (QED) is 0.831. The zero-order valence-electron chi connectivity index (χ0n) is 7.68. The maximum Gasteiger partial charge on any atom is 0.346 e. The van der Waals surface area contributed by atoms with Crippen molar-refractivity contribution in [2.75, 3.05) is 6.54 Å². The molecule has 0 spiro atoms. The van der Waals surface area contributed by atoms with E-state index >= 15 is 0 Å². The highest BCUT2D eigenvalue weighted by atomic mass is 35.5. The van der Waals surface area contributed by atoms with E-state index in [1.54, 1.807) is 24.3 Å². The lowest BCUT2D eigenvalue weighted by Crippen LogP contribution is -2.24. The smallest absolute Gasteiger partial charge is 0.346 e. The van der Waals surface area contributed by atoms with Crippen molar-refractivity contribution in [1.82, 2.24) is 0 Å². The van der Waals surface area contributed by atoms with Gasteiger partial charge in [0.15, 0.2) is 0 Å². The van der Waals surface area contributed by atoms with E-state index in [0.29, 0.717) is 16.5 Å². The molecule has 2 rings (SSSR count). The summed E-state index contributed by atoms with van der Waals surface area (Å²) in [6.07, 6.45) is -0.892. The van der Waals surface area contributed by atoms with Gasteiger partial charge in [-0.05, 0) is 12.1 Å². The first-order chi connectivity index (χ1) is 7.18. The summed E-state index contributed by atoms with van der Waals surface area (Å²) < 4.78 is 5.16. The minimum atomic E-state index is -1.01. The van der Waals surface area contributed by atoms with Crippen LogP contribution >= 0.6 is 11.6 Å². The third kappa shape index (κ3) is 1.94. The fourth-order valence-corrected chi connectivity index (χ4v) is 1.50. The lowest BCUT2D eigenvalue weighted by atomic mass is 10.2. The standard InChI is InChI=1S/C10H8ClNO3/c11-7-4-2-1-3-6(7)9-12-5-8(15-9)10(13)14/h1-4,8H,5H2,(H,13,14). The number of nitrogens with zero attached hydrogens (tertiary/aromatic N) is 1. The largest absolute Gasteiger partial charge is 0.478 e. The zero-order chi connectivity index (χ0) is 10.8. The fraction of sp³-hybridized carbons (Fsp3) is 0.200. The molecule has 1 aliphatic heterocycles. The van der Waals surface area contributed by atoms with Gasteiger partial charge < -0.3 is 9.84 Å². The third-order valence-electron chi connectivity index (χ3n) is 2.03. The van der Waals surface area contributed by atoms with Gasteiger partial charge in [0.25, 0.3) is 0 Å². The van der Waals surface area contributed by atoms with Gasteiger partial charge in [0.05, 0.1) is 17.1 Å². The van der Waals surface area contributed by atoms with Gasteiger partial charge >= 0.3 is 5.97 Å². The SMILES string of the molecule is O=C(O)C1CN=C(c2ccccc2Cl)O1. The Morgan fingerprint density at radius 2 is 2.27 bits per heavy atom. The summed E-state index contributed by atoms with van der Waals surface area (Å²) in [5.74, 6) is -0.714. The van der Waals surface area contributed by atoms with Crippen LogP contribution in [0.1, 0.15) is 5.56 Å². The molecular formula is C10H8ClNO3. The molecule has 0 amide bonds. The van der Waals surface area contributed by atoms with Crippen LogP contribution in [0.25, 0.3) is 0 Å². The molecule has 1 aliphatic rings. The van der Waals surface area contributed by atoms with Crippen LogP contribution in [0.4, 0.5) is 0 Å². The first-order valence-electron chi connectivity index (χ1n) is 4.37. The Morgan fingerprint density at radius 1 is 1.53 bits per heavy atom. The van der Waals surface area contributed by atoms with Crippen LogP contribution in [0.3, 0.4) is 0 Å². The van der Waals surface area contributed by atoms with E-state index < -0.39 is 12.1 Å². The first-order valence-corrected chi connectivity index (χ1v) is 4.75. The Morgan fingerprint density at radius 3 is 2.87 bits per heavy atom. The van der Waals surface area contributed by atoms with Crippen molar-refractivity contribution in [3.63, 3.8) is 0 Å². The Balaban J connectivity index is 2.21. The predicted molar refractivity (Wildman–Crippen MR) is 55.4 cm³/mol. The van der Waals surface area contributed by atoms with Crippen LogP contribution < -0.4 is 0 Å². The maximum absolute atomic E-state index is 10.6. The molecule has 15 heavy (non-hydrogen) atoms. The molecule has 1 aromatic rings. The second-order valence-corrected chi connectivity index (χ2v) is 3.48. The summed E-state index contributed by atoms with van der Waals surface area (Å²) in [7, 11) is 0. The molecule has 0 saturated heterocycles. The van der Waals surface area contributed by atoms with E-state index in [0.717, 1.165) is 0 Å². The Kier molecular flexibility index (Phi) is 2.60. The van der Waals surface area contributed by atoms with E-state index in [1.165, 1.54) is 0 Å². The van der Waals surface area contributed by atoms with Gasteiger partial charge in [-0.2, -0.15) is 0 Å². The van der Waals surface area contributed by atoms with Crippen molar-refractivity contribution < 1.29 is 14.6 Å². The normalized spacial score (nSPS) is 19.5. The van der Waals surface area contributed by atoms with Gasteiger partial charge in [-0.25, -0.2) is 9.79 Å². The van der Waals surface area contributed by atoms with E-state index in [4.69, 9.17) is 21.4 Å². The number of aliphatic carboxylic acids is 1. The van der Waals surface area contributed by atoms with Gasteiger partial charge in [0.2, 0.25) is 12.0 Å². The lowest BCUT2D eigenvalue weighted by Gasteiger charge is -2.07. The molecular weight excluding hydrogens is 218 g/mol. The first kappa shape index (κ1) is 9.98. The highest BCUT2D eigenvalue weighted by Gasteiger charge is 2.27. The molecule has 1 N–H and O–H groups in total. The average Bonchev–Trinajstić information content (AvgIpc) is 2.67. The number of benzene rings is 1. The highest BCUT2D eigenvalue weighted by molar-refractivity contribution is 6.33. The fourth-order valence-electron chi connectivity index (χ4n) is 1.29. The van der Waals surface area contributed by atoms with E-state index in [2.05, 4.69) is 4.99 Å². The Hall–Kier alpha value is -1.55. The van der Waals surface area contributed by atoms with Crippen LogP contribution in [0.15, 0.2) is 29.3 Å². The molecule has 0 bridgehead atoms. The average molecular weight is 226 g/mol. The van der Waals surface area contributed by atoms with Crippen LogP contribution in [-0.4, -0.2) is 29.6 Å². The molecule has 1 unspecified atom stereocenters. The number of hydrogen-bond donors (Lipinski definition) is 1. The van der Waals surface area contributed by atoms with Gasteiger partial charge in [0, 0.05) is 0 Å². The van der Waals surface area contributed by atoms with Crippen molar-refractivity contribution >= 4 is 23.5 Å². The predicted octanol–water partition coefficient (Wildman–Crippen LogP) is 1.57. The highest BCUT2D eigenvalue weighted by Crippen LogP contribution is 2.20. The molecule has 0 radical (unpaired) electrons. The Labute approximate surface area is 91.2 Å². The van der Waals surface area contributed by atoms with Crippen LogP contribution in [0.5, 0.6) is 0 Å². The van der Waals surface area contributed by atoms with E-state index in [9.17, 15) is 4.79 Å².